The molecule has 0 saturated carbocycles. The summed E-state index contributed by atoms with van der Waals surface area (Å²) in [6, 6.07) is 33.9. The third-order valence-corrected chi connectivity index (χ3v) is 7.16. The Bertz CT molecular complexity index is 2070. The first kappa shape index (κ1) is 33.0. The van der Waals surface area contributed by atoms with Gasteiger partial charge in [0.05, 0.1) is 48.6 Å². The first-order valence-corrected chi connectivity index (χ1v) is 15.0. The van der Waals surface area contributed by atoms with Gasteiger partial charge in [-0.25, -0.2) is 9.78 Å². The molecule has 5 aromatic heterocycles. The molecule has 0 aliphatic rings. The molecule has 7 rings (SSSR count). The molecule has 3 N–H and O–H groups in total. The molecule has 48 heavy (non-hydrogen) atoms. The van der Waals surface area contributed by atoms with E-state index in [0.29, 0.717) is 12.3 Å². The number of ether oxygens (including phenoxy) is 2. The molecule has 0 saturated heterocycles. The third kappa shape index (κ3) is 8.06. The van der Waals surface area contributed by atoms with Gasteiger partial charge >= 0.3 is 5.97 Å². The molecule has 0 radical (unpaired) electrons. The van der Waals surface area contributed by atoms with E-state index in [1.54, 1.807) is 31.8 Å². The van der Waals surface area contributed by atoms with Crippen molar-refractivity contribution in [3.8, 4) is 45.4 Å². The van der Waals surface area contributed by atoms with Gasteiger partial charge < -0.3 is 20.3 Å². The lowest BCUT2D eigenvalue weighted by Gasteiger charge is -2.10. The molecule has 5 heterocycles. The maximum Gasteiger partial charge on any atom is 0.335 e. The highest BCUT2D eigenvalue weighted by molar-refractivity contribution is 5.89. The summed E-state index contributed by atoms with van der Waals surface area (Å²) in [6.45, 7) is 0.529. The average molecular weight is 639 g/mol. The molecule has 0 unspecified atom stereocenters. The maximum atomic E-state index is 10.8. The number of hydrogen-bond acceptors (Lipinski definition) is 8. The summed E-state index contributed by atoms with van der Waals surface area (Å²) in [5, 5.41) is 8.90. The average Bonchev–Trinajstić information content (AvgIpc) is 3.60. The summed E-state index contributed by atoms with van der Waals surface area (Å²) in [5.74, 6) is 1.21. The Labute approximate surface area is 278 Å². The van der Waals surface area contributed by atoms with Gasteiger partial charge in [-0.1, -0.05) is 30.3 Å². The minimum absolute atomic E-state index is 0.196. The predicted octanol–water partition coefficient (Wildman–Crippen LogP) is 7.07. The first-order valence-electron chi connectivity index (χ1n) is 15.0. The highest BCUT2D eigenvalue weighted by Crippen LogP contribution is 2.33. The minimum atomic E-state index is -0.976. The van der Waals surface area contributed by atoms with Crippen molar-refractivity contribution in [3.05, 3.63) is 151 Å². The van der Waals surface area contributed by atoms with Crippen LogP contribution < -0.4 is 15.2 Å². The second-order valence-electron chi connectivity index (χ2n) is 10.2. The highest BCUT2D eigenvalue weighted by Gasteiger charge is 2.13. The van der Waals surface area contributed by atoms with Crippen LogP contribution in [0.4, 0.5) is 0 Å². The van der Waals surface area contributed by atoms with Crippen molar-refractivity contribution in [2.24, 2.45) is 5.73 Å². The van der Waals surface area contributed by atoms with E-state index in [1.807, 2.05) is 103 Å². The second kappa shape index (κ2) is 16.3. The largest absolute Gasteiger partial charge is 0.496 e. The summed E-state index contributed by atoms with van der Waals surface area (Å²) in [5.41, 5.74) is 11.9. The number of nitrogens with zero attached hydrogens (tertiary/aromatic N) is 5. The van der Waals surface area contributed by atoms with Crippen molar-refractivity contribution in [3.63, 3.8) is 0 Å². The summed E-state index contributed by atoms with van der Waals surface area (Å²) >= 11 is 0. The summed E-state index contributed by atoms with van der Waals surface area (Å²) in [6.07, 6.45) is 9.08. The lowest BCUT2D eigenvalue weighted by Crippen LogP contribution is -1.98. The first-order chi connectivity index (χ1) is 23.5. The zero-order valence-electron chi connectivity index (χ0n) is 26.5. The molecule has 0 bridgehead atoms. The Morgan fingerprint density at radius 2 is 1.31 bits per heavy atom. The van der Waals surface area contributed by atoms with E-state index >= 15 is 0 Å². The molecule has 0 amide bonds. The Balaban J connectivity index is 0.000000158. The fourth-order valence-electron chi connectivity index (χ4n) is 4.80. The molecule has 0 aliphatic carbocycles. The zero-order valence-corrected chi connectivity index (χ0v) is 26.5. The number of aromatic carboxylic acids is 1. The van der Waals surface area contributed by atoms with Gasteiger partial charge in [0.2, 0.25) is 0 Å². The molecular weight excluding hydrogens is 604 g/mol. The van der Waals surface area contributed by atoms with Crippen LogP contribution in [0.25, 0.3) is 39.4 Å². The number of carboxylic acids is 1. The maximum absolute atomic E-state index is 10.8. The molecule has 10 nitrogen and oxygen atoms in total. The number of rotatable bonds is 7. The molecule has 7 aromatic rings. The van der Waals surface area contributed by atoms with Gasteiger partial charge in [-0.05, 0) is 78.9 Å². The number of pyridine rings is 4. The van der Waals surface area contributed by atoms with E-state index in [0.717, 1.165) is 50.9 Å². The fraction of sp³-hybridized carbons (Fsp3) is 0.0789. The predicted molar refractivity (Wildman–Crippen MR) is 186 cm³/mol. The Hall–Kier alpha value is -6.39. The number of carbonyl (C=O) groups is 1. The van der Waals surface area contributed by atoms with Gasteiger partial charge in [-0.15, -0.1) is 0 Å². The van der Waals surface area contributed by atoms with Crippen LogP contribution in [-0.4, -0.2) is 49.6 Å². The molecule has 0 aliphatic heterocycles. The van der Waals surface area contributed by atoms with Gasteiger partial charge in [0, 0.05) is 48.0 Å². The van der Waals surface area contributed by atoms with E-state index < -0.39 is 5.97 Å². The van der Waals surface area contributed by atoms with Gasteiger partial charge in [-0.2, -0.15) is 0 Å². The molecular formula is C38H34N6O4. The number of fused-ring (bicyclic) bond motifs is 1. The third-order valence-electron chi connectivity index (χ3n) is 7.16. The molecule has 0 spiro atoms. The van der Waals surface area contributed by atoms with Crippen molar-refractivity contribution < 1.29 is 19.4 Å². The van der Waals surface area contributed by atoms with Crippen LogP contribution in [0.15, 0.2) is 140 Å². The summed E-state index contributed by atoms with van der Waals surface area (Å²) in [4.78, 5) is 28.0. The number of aromatic nitrogens is 5. The van der Waals surface area contributed by atoms with Gasteiger partial charge in [0.25, 0.3) is 0 Å². The van der Waals surface area contributed by atoms with E-state index in [2.05, 4.69) is 24.3 Å². The van der Waals surface area contributed by atoms with Gasteiger partial charge in [0.1, 0.15) is 17.3 Å². The lowest BCUT2D eigenvalue weighted by atomic mass is 10.1. The normalized spacial score (nSPS) is 10.2. The van der Waals surface area contributed by atoms with Crippen LogP contribution in [0.3, 0.4) is 0 Å². The van der Waals surface area contributed by atoms with Crippen molar-refractivity contribution in [1.29, 1.82) is 0 Å². The highest BCUT2D eigenvalue weighted by atomic mass is 16.5. The van der Waals surface area contributed by atoms with Gasteiger partial charge in [0.15, 0.2) is 0 Å². The number of imidazole rings is 1. The minimum Gasteiger partial charge on any atom is -0.496 e. The second-order valence-corrected chi connectivity index (χ2v) is 10.2. The number of carboxylic acid groups (broad SMARTS) is 1. The Morgan fingerprint density at radius 1 is 0.708 bits per heavy atom. The number of hydrogen-bond donors (Lipinski definition) is 2. The smallest absolute Gasteiger partial charge is 0.335 e. The van der Waals surface area contributed by atoms with Crippen LogP contribution in [0.1, 0.15) is 16.1 Å². The van der Waals surface area contributed by atoms with Crippen LogP contribution in [0.5, 0.6) is 11.5 Å². The van der Waals surface area contributed by atoms with Crippen molar-refractivity contribution in [2.75, 3.05) is 14.2 Å². The van der Waals surface area contributed by atoms with Crippen LogP contribution in [0.2, 0.25) is 0 Å². The molecule has 0 fully saturated rings. The van der Waals surface area contributed by atoms with Gasteiger partial charge in [-0.3, -0.25) is 19.4 Å². The number of benzene rings is 2. The SMILES string of the molecule is COc1cc(-c2ncc3ccccn23)ccc1-c1ccccn1.COc1cc(C(=O)O)ccc1-c1ccccn1.NCc1ccccn1. The standard InChI is InChI=1S/C19H15N3O.C13H11NO3.C6H8N2/c1-23-18-12-14(8-9-16(18)17-7-2-4-10-20-17)19-21-13-15-6-3-5-11-22(15)19;1-17-12-8-9(13(15)16)5-6-10(12)11-4-2-3-7-14-11;7-5-6-3-1-2-4-8-6/h2-13H,1H3;2-8H,1H3,(H,15,16);1-4H,5,7H2. The molecule has 2 aromatic carbocycles. The van der Waals surface area contributed by atoms with E-state index in [4.69, 9.17) is 20.3 Å². The zero-order chi connectivity index (χ0) is 33.7. The van der Waals surface area contributed by atoms with Crippen LogP contribution in [0, 0.1) is 0 Å². The van der Waals surface area contributed by atoms with E-state index in [9.17, 15) is 4.79 Å². The quantitative estimate of drug-likeness (QED) is 0.188. The van der Waals surface area contributed by atoms with Crippen molar-refractivity contribution in [1.82, 2.24) is 24.3 Å². The van der Waals surface area contributed by atoms with Crippen LogP contribution >= 0.6 is 0 Å². The van der Waals surface area contributed by atoms with Crippen LogP contribution in [-0.2, 0) is 6.54 Å². The molecule has 0 atom stereocenters. The van der Waals surface area contributed by atoms with Crippen molar-refractivity contribution in [2.45, 2.75) is 6.54 Å². The monoisotopic (exact) mass is 638 g/mol. The summed E-state index contributed by atoms with van der Waals surface area (Å²) < 4.78 is 12.8. The Kier molecular flexibility index (Phi) is 11.2. The number of methoxy groups -OCH3 is 2. The fourth-order valence-corrected chi connectivity index (χ4v) is 4.80. The van der Waals surface area contributed by atoms with Crippen molar-refractivity contribution >= 4 is 11.5 Å². The topological polar surface area (TPSA) is 138 Å². The Morgan fingerprint density at radius 3 is 1.85 bits per heavy atom. The number of nitrogens with two attached hydrogens (primary N) is 1. The molecule has 10 heteroatoms. The lowest BCUT2D eigenvalue weighted by molar-refractivity contribution is 0.0696. The summed E-state index contributed by atoms with van der Waals surface area (Å²) in [7, 11) is 3.18. The van der Waals surface area contributed by atoms with E-state index in [1.165, 1.54) is 19.2 Å². The van der Waals surface area contributed by atoms with E-state index in [-0.39, 0.29) is 5.56 Å². The molecule has 240 valence electrons.